The van der Waals surface area contributed by atoms with Crippen molar-refractivity contribution in [3.8, 4) is 0 Å². The molecule has 0 amide bonds. The minimum atomic E-state index is -8.82. The summed E-state index contributed by atoms with van der Waals surface area (Å²) in [4.78, 5) is 0. The minimum absolute atomic E-state index is 0. The van der Waals surface area contributed by atoms with Crippen molar-refractivity contribution in [3.05, 3.63) is 117 Å². The van der Waals surface area contributed by atoms with Crippen LogP contribution >= 0.6 is 0 Å². The topological polar surface area (TPSA) is 73.8 Å². The van der Waals surface area contributed by atoms with Gasteiger partial charge in [0.1, 0.15) is 6.15 Å². The van der Waals surface area contributed by atoms with E-state index in [1.807, 2.05) is 0 Å². The summed E-state index contributed by atoms with van der Waals surface area (Å²) in [6.07, 6.45) is -141. The van der Waals surface area contributed by atoms with E-state index in [4.69, 9.17) is 0 Å². The summed E-state index contributed by atoms with van der Waals surface area (Å²) in [7, 11) is -9.70. The van der Waals surface area contributed by atoms with Gasteiger partial charge in [0.2, 0.25) is 0 Å². The van der Waals surface area contributed by atoms with Crippen LogP contribution in [0.5, 0.6) is 0 Å². The number of hydrogen-bond acceptors (Lipinski definition) is 8. The van der Waals surface area contributed by atoms with Gasteiger partial charge in [0.25, 0.3) is 44.8 Å². The molecule has 8 nitrogen and oxygen atoms in total. The molecule has 0 saturated heterocycles. The Labute approximate surface area is 643 Å². The average molecular weight is 1800 g/mol. The molecule has 114 heavy (non-hydrogen) atoms. The number of rotatable bonds is 20. The first kappa shape index (κ1) is 103. The van der Waals surface area contributed by atoms with Gasteiger partial charge in [-0.2, -0.15) is 233 Å². The zero-order valence-corrected chi connectivity index (χ0v) is 59.0. The minimum Gasteiger partial charge on any atom is -0.357 e. The summed E-state index contributed by atoms with van der Waals surface area (Å²) in [5.41, 5.74) is -112. The second-order valence-electron chi connectivity index (χ2n) is 23.3. The molecule has 58 heteroatoms. The maximum absolute atomic E-state index is 15.9. The first-order valence-corrected chi connectivity index (χ1v) is 28.1. The molecule has 0 radical (unpaired) electrons. The zero-order chi connectivity index (χ0) is 89.6. The predicted octanol–water partition coefficient (Wildman–Crippen LogP) is 15.8. The molecular weight excluding hydrogens is 1760 g/mol. The molecule has 648 valence electrons. The van der Waals surface area contributed by atoms with E-state index in [1.165, 1.54) is 0 Å². The van der Waals surface area contributed by atoms with Gasteiger partial charge in [0, 0.05) is 56.9 Å². The SMILES string of the molecule is COC(c1cc([B-](c2cc(C(OC)(C(F)(F)F)C(F)(F)F)cc(C(OC)(C(F)(F)F)C(F)(F)F)c2)(c2cc(C(OC)(C(F)(F)F)C(F)(F)F)cc(C(OC)(C(F)(F)F)C(F)(F)F)c2)c2cc(C(OC)(C(F)(F)F)C(F)(F)F)cc(C(OC)(C(F)(F)F)C(F)(F)F)c2)cc(C(OC)(C(F)(F)F)C(F)(F)F)c1)(C(F)(F)F)C(F)(F)F.[K+]. The van der Waals surface area contributed by atoms with Crippen LogP contribution in [0.15, 0.2) is 72.8 Å². The summed E-state index contributed by atoms with van der Waals surface area (Å²) in [6, 6.07) is -26.4. The molecule has 4 aromatic rings. The Balaban J connectivity index is 0.0000336. The fourth-order valence-electron chi connectivity index (χ4n) is 13.1. The Kier molecular flexibility index (Phi) is 27.6. The zero-order valence-electron chi connectivity index (χ0n) is 55.9. The molecule has 4 rings (SSSR count). The second kappa shape index (κ2) is 30.6. The summed E-state index contributed by atoms with van der Waals surface area (Å²) in [6.45, 7) is 0. The van der Waals surface area contributed by atoms with Gasteiger partial charge in [0.15, 0.2) is 0 Å². The quantitative estimate of drug-likeness (QED) is 0.0640. The van der Waals surface area contributed by atoms with Crippen LogP contribution in [-0.4, -0.2) is 162 Å². The Morgan fingerprint density at radius 1 is 0.149 bits per heavy atom. The van der Waals surface area contributed by atoms with Crippen molar-refractivity contribution in [2.75, 3.05) is 56.9 Å². The molecular formula is C56H36BF48KO8. The average Bonchev–Trinajstić information content (AvgIpc) is 0.677. The third kappa shape index (κ3) is 15.0. The van der Waals surface area contributed by atoms with Crippen LogP contribution in [0.4, 0.5) is 211 Å². The predicted molar refractivity (Wildman–Crippen MR) is 276 cm³/mol. The maximum Gasteiger partial charge on any atom is 1.00 e. The van der Waals surface area contributed by atoms with E-state index in [2.05, 4.69) is 37.9 Å². The molecule has 0 N–H and O–H groups in total. The van der Waals surface area contributed by atoms with Crippen LogP contribution in [0.2, 0.25) is 0 Å². The number of hydrogen-bond donors (Lipinski definition) is 0. The van der Waals surface area contributed by atoms with E-state index < -0.39 is 346 Å². The van der Waals surface area contributed by atoms with Gasteiger partial charge in [-0.25, -0.2) is 0 Å². The van der Waals surface area contributed by atoms with Gasteiger partial charge >= 0.3 is 150 Å². The molecule has 0 spiro atoms. The van der Waals surface area contributed by atoms with Gasteiger partial charge in [-0.1, -0.05) is 48.5 Å². The Morgan fingerprint density at radius 3 is 0.272 bits per heavy atom. The number of methoxy groups -OCH3 is 8. The van der Waals surface area contributed by atoms with Crippen molar-refractivity contribution >= 4 is 28.0 Å². The van der Waals surface area contributed by atoms with Gasteiger partial charge < -0.3 is 37.9 Å². The van der Waals surface area contributed by atoms with E-state index in [0.29, 0.717) is 0 Å². The van der Waals surface area contributed by atoms with Crippen molar-refractivity contribution in [2.45, 2.75) is 144 Å². The van der Waals surface area contributed by atoms with Crippen molar-refractivity contribution in [1.29, 1.82) is 0 Å². The number of ether oxygens (including phenoxy) is 8. The van der Waals surface area contributed by atoms with Crippen molar-refractivity contribution in [3.63, 3.8) is 0 Å². The second-order valence-corrected chi connectivity index (χ2v) is 23.3. The van der Waals surface area contributed by atoms with Crippen molar-refractivity contribution in [1.82, 2.24) is 0 Å². The normalized spacial score (nSPS) is 15.6. The first-order valence-electron chi connectivity index (χ1n) is 28.1. The molecule has 4 aromatic carbocycles. The summed E-state index contributed by atoms with van der Waals surface area (Å²) in [5.74, 6) is 0. The molecule has 0 unspecified atom stereocenters. The van der Waals surface area contributed by atoms with Crippen LogP contribution in [0.1, 0.15) is 44.5 Å². The van der Waals surface area contributed by atoms with Crippen LogP contribution in [0.25, 0.3) is 0 Å². The molecule has 0 aromatic heterocycles. The fraction of sp³-hybridized carbons (Fsp3) is 0.571. The summed E-state index contributed by atoms with van der Waals surface area (Å²) in [5, 5.41) is 0. The Hall–Kier alpha value is -5.10. The van der Waals surface area contributed by atoms with E-state index >= 15 is 211 Å². The molecule has 0 saturated carbocycles. The van der Waals surface area contributed by atoms with E-state index in [9.17, 15) is 0 Å². The summed E-state index contributed by atoms with van der Waals surface area (Å²) < 4.78 is 792. The number of halogens is 48. The van der Waals surface area contributed by atoms with Gasteiger partial charge in [-0.05, 0) is 68.8 Å². The maximum atomic E-state index is 15.9. The van der Waals surface area contributed by atoms with Crippen LogP contribution in [0.3, 0.4) is 0 Å². The van der Waals surface area contributed by atoms with Crippen molar-refractivity contribution in [2.24, 2.45) is 0 Å². The summed E-state index contributed by atoms with van der Waals surface area (Å²) >= 11 is 0. The van der Waals surface area contributed by atoms with Crippen molar-refractivity contribution < 1.29 is 300 Å². The molecule has 0 fully saturated rings. The monoisotopic (exact) mass is 1800 g/mol. The van der Waals surface area contributed by atoms with Gasteiger partial charge in [-0.15, -0.1) is 0 Å². The van der Waals surface area contributed by atoms with E-state index in [1.54, 1.807) is 0 Å². The van der Waals surface area contributed by atoms with Crippen LogP contribution < -0.4 is 73.2 Å². The molecule has 0 aliphatic heterocycles. The largest absolute Gasteiger partial charge is 1.00 e. The third-order valence-corrected chi connectivity index (χ3v) is 17.9. The van der Waals surface area contributed by atoms with Crippen LogP contribution in [-0.2, 0) is 82.7 Å². The molecule has 0 aliphatic rings. The van der Waals surface area contributed by atoms with E-state index in [0.717, 1.165) is 0 Å². The van der Waals surface area contributed by atoms with Gasteiger partial charge in [-0.3, -0.25) is 0 Å². The number of alkyl halides is 48. The Morgan fingerprint density at radius 2 is 0.219 bits per heavy atom. The Bertz CT molecular complexity index is 3170. The molecule has 0 bridgehead atoms. The fourth-order valence-corrected chi connectivity index (χ4v) is 13.1. The third-order valence-electron chi connectivity index (χ3n) is 17.9. The van der Waals surface area contributed by atoms with E-state index in [-0.39, 0.29) is 51.4 Å². The molecule has 0 aliphatic carbocycles. The standard InChI is InChI=1S/C56H36BF48O8.K/c1-106-33(41(58,59)60,42(61,62)63)21-9-22(34(107-2,43(64,65)66)44(67,68)69)14-29(13-21)57(30-15-23(35(108-3,45(70,71)72)46(73,74)75)10-24(16-30)36(109-4,47(76,77)78)48(79,80)81,31-17-25(37(110-5,49(82,83)84)50(85,86)87)11-26(18-31)38(111-6,51(88,89)90)52(91,92)93)32-19-27(39(112-7,53(94,95)96)54(97,98)99)12-28(20-32)40(113-8,55(100,101)102)56(103,104)105;/h9-20H,1-8H3;/q-1;+1. The van der Waals surface area contributed by atoms with Crippen LogP contribution in [0, 0.1) is 0 Å². The molecule has 0 atom stereocenters. The van der Waals surface area contributed by atoms with Gasteiger partial charge in [0.05, 0.1) is 0 Å². The number of benzene rings is 4. The molecule has 0 heterocycles. The first-order chi connectivity index (χ1) is 49.7. The smallest absolute Gasteiger partial charge is 0.357 e.